The molecule has 0 bridgehead atoms. The van der Waals surface area contributed by atoms with Crippen molar-refractivity contribution in [3.8, 4) is 0 Å². The zero-order valence-corrected chi connectivity index (χ0v) is 21.8. The Bertz CT molecular complexity index is 1020. The Balaban J connectivity index is 1.18. The lowest BCUT2D eigenvalue weighted by Crippen LogP contribution is -2.57. The third-order valence-corrected chi connectivity index (χ3v) is 8.09. The topological polar surface area (TPSA) is 51.7 Å². The second kappa shape index (κ2) is 10.9. The highest BCUT2D eigenvalue weighted by molar-refractivity contribution is 6.30. The quantitative estimate of drug-likeness (QED) is 0.611. The number of nitrogens with one attached hydrogen (secondary N) is 1. The first-order chi connectivity index (χ1) is 17.0. The number of carbonyl (C=O) groups is 1. The van der Waals surface area contributed by atoms with Gasteiger partial charge in [-0.15, -0.1) is 0 Å². The van der Waals surface area contributed by atoms with E-state index in [4.69, 9.17) is 16.6 Å². The van der Waals surface area contributed by atoms with Gasteiger partial charge in [0.05, 0.1) is 5.56 Å². The van der Waals surface area contributed by atoms with Gasteiger partial charge in [-0.2, -0.15) is 0 Å². The molecule has 1 amide bonds. The minimum atomic E-state index is -0.0194. The Morgan fingerprint density at radius 3 is 2.49 bits per heavy atom. The minimum absolute atomic E-state index is 0.0194. The minimum Gasteiger partial charge on any atom is -0.354 e. The summed E-state index contributed by atoms with van der Waals surface area (Å²) < 4.78 is 0. The van der Waals surface area contributed by atoms with Crippen molar-refractivity contribution in [3.05, 3.63) is 58.2 Å². The molecule has 2 aromatic rings. The summed E-state index contributed by atoms with van der Waals surface area (Å²) in [5.74, 6) is 1.64. The van der Waals surface area contributed by atoms with Gasteiger partial charge in [0.1, 0.15) is 5.82 Å². The predicted molar refractivity (Wildman–Crippen MR) is 142 cm³/mol. The summed E-state index contributed by atoms with van der Waals surface area (Å²) in [6, 6.07) is 11.5. The number of anilines is 1. The summed E-state index contributed by atoms with van der Waals surface area (Å²) >= 11 is 6.04. The summed E-state index contributed by atoms with van der Waals surface area (Å²) in [5.41, 5.74) is 3.30. The van der Waals surface area contributed by atoms with E-state index in [0.29, 0.717) is 30.1 Å². The van der Waals surface area contributed by atoms with Crippen molar-refractivity contribution in [2.45, 2.75) is 64.1 Å². The Morgan fingerprint density at radius 2 is 1.83 bits per heavy atom. The van der Waals surface area contributed by atoms with E-state index in [-0.39, 0.29) is 5.91 Å². The smallest absolute Gasteiger partial charge is 0.252 e. The van der Waals surface area contributed by atoms with Crippen LogP contribution in [0.3, 0.4) is 0 Å². The molecule has 5 rings (SSSR count). The summed E-state index contributed by atoms with van der Waals surface area (Å²) in [6.07, 6.45) is 6.63. The standard InChI is InChI=1S/C28H38ClN5O/c1-3-30-28(35)23-16-26(22-6-7-22)27(31-17-23)33-14-15-34(20(2)18-33)25-10-12-32(13-11-25)19-21-4-8-24(29)9-5-21/h4-5,8-9,16-17,20,22,25H,3,6-7,10-15,18-19H2,1-2H3,(H,30,35)/t20-/m0/s1. The van der Waals surface area contributed by atoms with Crippen LogP contribution in [0.1, 0.15) is 66.9 Å². The van der Waals surface area contributed by atoms with Gasteiger partial charge in [-0.05, 0) is 87.9 Å². The SMILES string of the molecule is CCNC(=O)c1cnc(N2CCN(C3CCN(Cc4ccc(Cl)cc4)CC3)[C@@H](C)C2)c(C2CC2)c1. The number of hydrogen-bond donors (Lipinski definition) is 1. The second-order valence-electron chi connectivity index (χ2n) is 10.4. The number of piperazine rings is 1. The predicted octanol–water partition coefficient (Wildman–Crippen LogP) is 4.54. The van der Waals surface area contributed by atoms with Crippen LogP contribution >= 0.6 is 11.6 Å². The molecule has 3 aliphatic rings. The fourth-order valence-corrected chi connectivity index (χ4v) is 5.91. The highest BCUT2D eigenvalue weighted by Gasteiger charge is 2.35. The van der Waals surface area contributed by atoms with Crippen LogP contribution in [0.25, 0.3) is 0 Å². The maximum Gasteiger partial charge on any atom is 0.252 e. The van der Waals surface area contributed by atoms with E-state index in [1.54, 1.807) is 6.20 Å². The van der Waals surface area contributed by atoms with Crippen molar-refractivity contribution < 1.29 is 4.79 Å². The number of benzene rings is 1. The highest BCUT2D eigenvalue weighted by Crippen LogP contribution is 2.44. The Hall–Kier alpha value is -2.15. The van der Waals surface area contributed by atoms with Gasteiger partial charge in [0.2, 0.25) is 0 Å². The van der Waals surface area contributed by atoms with Gasteiger partial charge < -0.3 is 10.2 Å². The van der Waals surface area contributed by atoms with Crippen molar-refractivity contribution in [2.75, 3.05) is 44.2 Å². The van der Waals surface area contributed by atoms with E-state index in [1.807, 2.05) is 19.1 Å². The molecule has 1 N–H and O–H groups in total. The van der Waals surface area contributed by atoms with Gasteiger partial charge in [0.15, 0.2) is 0 Å². The zero-order valence-electron chi connectivity index (χ0n) is 21.0. The second-order valence-corrected chi connectivity index (χ2v) is 10.9. The van der Waals surface area contributed by atoms with Crippen molar-refractivity contribution >= 4 is 23.3 Å². The first-order valence-corrected chi connectivity index (χ1v) is 13.6. The molecule has 35 heavy (non-hydrogen) atoms. The number of carbonyl (C=O) groups excluding carboxylic acids is 1. The van der Waals surface area contributed by atoms with Crippen LogP contribution in [0.5, 0.6) is 0 Å². The lowest BCUT2D eigenvalue weighted by atomic mass is 9.99. The van der Waals surface area contributed by atoms with Crippen LogP contribution in [-0.4, -0.2) is 72.0 Å². The molecule has 0 radical (unpaired) electrons. The van der Waals surface area contributed by atoms with Crippen LogP contribution in [0.15, 0.2) is 36.5 Å². The molecule has 3 fully saturated rings. The van der Waals surface area contributed by atoms with E-state index < -0.39 is 0 Å². The lowest BCUT2D eigenvalue weighted by molar-refractivity contribution is 0.0690. The fourth-order valence-electron chi connectivity index (χ4n) is 5.78. The molecule has 0 spiro atoms. The molecule has 7 heteroatoms. The Labute approximate surface area is 214 Å². The number of pyridine rings is 1. The molecule has 1 aliphatic carbocycles. The van der Waals surface area contributed by atoms with Crippen molar-refractivity contribution in [3.63, 3.8) is 0 Å². The van der Waals surface area contributed by atoms with E-state index in [0.717, 1.165) is 50.1 Å². The third kappa shape index (κ3) is 5.82. The molecular weight excluding hydrogens is 458 g/mol. The zero-order chi connectivity index (χ0) is 24.4. The van der Waals surface area contributed by atoms with Gasteiger partial charge >= 0.3 is 0 Å². The molecule has 3 heterocycles. The molecule has 0 unspecified atom stereocenters. The van der Waals surface area contributed by atoms with Crippen LogP contribution in [0.2, 0.25) is 5.02 Å². The van der Waals surface area contributed by atoms with Gasteiger partial charge in [-0.25, -0.2) is 4.98 Å². The molecule has 1 saturated carbocycles. The maximum absolute atomic E-state index is 12.4. The number of likely N-dealkylation sites (tertiary alicyclic amines) is 1. The average molecular weight is 496 g/mol. The van der Waals surface area contributed by atoms with E-state index >= 15 is 0 Å². The lowest BCUT2D eigenvalue weighted by Gasteiger charge is -2.47. The normalized spacial score (nSPS) is 22.4. The third-order valence-electron chi connectivity index (χ3n) is 7.84. The van der Waals surface area contributed by atoms with E-state index in [2.05, 4.69) is 45.1 Å². The molecule has 1 aromatic heterocycles. The first-order valence-electron chi connectivity index (χ1n) is 13.3. The average Bonchev–Trinajstić information content (AvgIpc) is 3.71. The monoisotopic (exact) mass is 495 g/mol. The number of piperidine rings is 1. The van der Waals surface area contributed by atoms with Crippen LogP contribution in [-0.2, 0) is 6.54 Å². The summed E-state index contributed by atoms with van der Waals surface area (Å²) in [5, 5.41) is 3.71. The van der Waals surface area contributed by atoms with Crippen molar-refractivity contribution in [2.24, 2.45) is 0 Å². The van der Waals surface area contributed by atoms with Crippen molar-refractivity contribution in [1.82, 2.24) is 20.1 Å². The van der Waals surface area contributed by atoms with Crippen LogP contribution < -0.4 is 10.2 Å². The molecule has 2 saturated heterocycles. The van der Waals surface area contributed by atoms with E-state index in [9.17, 15) is 4.79 Å². The highest BCUT2D eigenvalue weighted by atomic mass is 35.5. The Kier molecular flexibility index (Phi) is 7.61. The number of rotatable bonds is 7. The maximum atomic E-state index is 12.4. The van der Waals surface area contributed by atoms with Crippen LogP contribution in [0.4, 0.5) is 5.82 Å². The number of halogens is 1. The van der Waals surface area contributed by atoms with Crippen LogP contribution in [0, 0.1) is 0 Å². The van der Waals surface area contributed by atoms with E-state index in [1.165, 1.54) is 36.8 Å². The van der Waals surface area contributed by atoms with Gasteiger partial charge in [0, 0.05) is 56.0 Å². The molecule has 1 atom stereocenters. The Morgan fingerprint density at radius 1 is 1.09 bits per heavy atom. The molecule has 1 aromatic carbocycles. The number of nitrogens with zero attached hydrogens (tertiary/aromatic N) is 4. The molecule has 188 valence electrons. The molecule has 6 nitrogen and oxygen atoms in total. The summed E-state index contributed by atoms with van der Waals surface area (Å²) in [7, 11) is 0. The number of hydrogen-bond acceptors (Lipinski definition) is 5. The van der Waals surface area contributed by atoms with Gasteiger partial charge in [0.25, 0.3) is 5.91 Å². The van der Waals surface area contributed by atoms with Gasteiger partial charge in [-0.3, -0.25) is 14.6 Å². The summed E-state index contributed by atoms with van der Waals surface area (Å²) in [6.45, 7) is 11.3. The number of amides is 1. The number of aromatic nitrogens is 1. The van der Waals surface area contributed by atoms with Gasteiger partial charge in [-0.1, -0.05) is 23.7 Å². The fraction of sp³-hybridized carbons (Fsp3) is 0.571. The molecular formula is C28H38ClN5O. The molecule has 2 aliphatic heterocycles. The van der Waals surface area contributed by atoms with Crippen molar-refractivity contribution in [1.29, 1.82) is 0 Å². The first kappa shape index (κ1) is 24.5. The summed E-state index contributed by atoms with van der Waals surface area (Å²) in [4.78, 5) is 25.0. The largest absolute Gasteiger partial charge is 0.354 e.